The highest BCUT2D eigenvalue weighted by atomic mass is 16.2. The van der Waals surface area contributed by atoms with E-state index >= 15 is 0 Å². The van der Waals surface area contributed by atoms with Crippen LogP contribution in [0.1, 0.15) is 21.6 Å². The van der Waals surface area contributed by atoms with Crippen molar-refractivity contribution in [3.63, 3.8) is 0 Å². The van der Waals surface area contributed by atoms with E-state index in [0.29, 0.717) is 19.5 Å². The van der Waals surface area contributed by atoms with Gasteiger partial charge in [0.2, 0.25) is 0 Å². The first-order valence-corrected chi connectivity index (χ1v) is 9.16. The topological polar surface area (TPSA) is 79.8 Å². The number of carbonyl (C=O) groups excluding carboxylic acids is 1. The number of amides is 1. The molecule has 0 saturated carbocycles. The summed E-state index contributed by atoms with van der Waals surface area (Å²) in [6.45, 7) is 0.816. The van der Waals surface area contributed by atoms with Gasteiger partial charge < -0.3 is 10.3 Å². The highest BCUT2D eigenvalue weighted by molar-refractivity contribution is 5.92. The largest absolute Gasteiger partial charge is 0.361 e. The third kappa shape index (κ3) is 3.86. The monoisotopic (exact) mass is 372 g/mol. The molecule has 0 saturated heterocycles. The quantitative estimate of drug-likeness (QED) is 0.546. The molecule has 0 bridgehead atoms. The van der Waals surface area contributed by atoms with Crippen molar-refractivity contribution in [3.8, 4) is 0 Å². The molecule has 4 rings (SSSR count). The number of aromatic amines is 1. The molecule has 2 N–H and O–H groups in total. The Kier molecular flexibility index (Phi) is 5.01. The molecule has 0 atom stereocenters. The van der Waals surface area contributed by atoms with Crippen LogP contribution < -0.4 is 10.9 Å². The van der Waals surface area contributed by atoms with Crippen molar-refractivity contribution < 1.29 is 4.79 Å². The molecule has 140 valence electrons. The van der Waals surface area contributed by atoms with Crippen molar-refractivity contribution in [1.82, 2.24) is 20.1 Å². The average molecular weight is 372 g/mol. The predicted molar refractivity (Wildman–Crippen MR) is 108 cm³/mol. The Bertz CT molecular complexity index is 1160. The fourth-order valence-corrected chi connectivity index (χ4v) is 3.18. The normalized spacial score (nSPS) is 10.9. The van der Waals surface area contributed by atoms with Gasteiger partial charge in [0.25, 0.3) is 11.5 Å². The molecule has 0 radical (unpaired) electrons. The third-order valence-corrected chi connectivity index (χ3v) is 4.63. The molecular weight excluding hydrogens is 352 g/mol. The van der Waals surface area contributed by atoms with E-state index in [9.17, 15) is 9.59 Å². The number of benzene rings is 2. The van der Waals surface area contributed by atoms with E-state index in [4.69, 9.17) is 0 Å². The van der Waals surface area contributed by atoms with E-state index in [2.05, 4.69) is 21.5 Å². The van der Waals surface area contributed by atoms with Gasteiger partial charge in [-0.3, -0.25) is 9.59 Å². The van der Waals surface area contributed by atoms with Crippen LogP contribution in [0.5, 0.6) is 0 Å². The first kappa shape index (κ1) is 17.7. The Hall–Kier alpha value is -3.67. The lowest BCUT2D eigenvalue weighted by atomic mass is 10.1. The molecule has 0 spiro atoms. The number of fused-ring (bicyclic) bond motifs is 1. The van der Waals surface area contributed by atoms with Crippen LogP contribution >= 0.6 is 0 Å². The molecule has 0 aliphatic heterocycles. The number of hydrogen-bond donors (Lipinski definition) is 2. The molecule has 4 aromatic rings. The minimum absolute atomic E-state index is 0.231. The van der Waals surface area contributed by atoms with Gasteiger partial charge in [0.1, 0.15) is 5.69 Å². The second-order valence-corrected chi connectivity index (χ2v) is 6.57. The Morgan fingerprint density at radius 3 is 2.64 bits per heavy atom. The molecule has 0 fully saturated rings. The van der Waals surface area contributed by atoms with Gasteiger partial charge in [-0.1, -0.05) is 48.5 Å². The first-order chi connectivity index (χ1) is 13.7. The fraction of sp³-hybridized carbons (Fsp3) is 0.136. The number of nitrogens with zero attached hydrogens (tertiary/aromatic N) is 2. The van der Waals surface area contributed by atoms with Gasteiger partial charge >= 0.3 is 0 Å². The van der Waals surface area contributed by atoms with E-state index in [1.54, 1.807) is 0 Å². The van der Waals surface area contributed by atoms with Crippen LogP contribution in [0, 0.1) is 0 Å². The fourth-order valence-electron chi connectivity index (χ4n) is 3.18. The van der Waals surface area contributed by atoms with Crippen molar-refractivity contribution in [1.29, 1.82) is 0 Å². The van der Waals surface area contributed by atoms with Gasteiger partial charge in [-0.05, 0) is 29.7 Å². The first-order valence-electron chi connectivity index (χ1n) is 9.16. The molecule has 0 aliphatic rings. The average Bonchev–Trinajstić information content (AvgIpc) is 3.13. The maximum absolute atomic E-state index is 12.5. The van der Waals surface area contributed by atoms with Crippen molar-refractivity contribution in [2.24, 2.45) is 0 Å². The number of aromatic nitrogens is 3. The Morgan fingerprint density at radius 2 is 1.79 bits per heavy atom. The molecule has 6 nitrogen and oxygen atoms in total. The minimum Gasteiger partial charge on any atom is -0.361 e. The van der Waals surface area contributed by atoms with E-state index in [-0.39, 0.29) is 17.2 Å². The lowest BCUT2D eigenvalue weighted by Gasteiger charge is -2.08. The summed E-state index contributed by atoms with van der Waals surface area (Å²) in [5, 5.41) is 8.26. The van der Waals surface area contributed by atoms with Crippen LogP contribution in [-0.4, -0.2) is 27.2 Å². The molecule has 2 aromatic carbocycles. The maximum Gasteiger partial charge on any atom is 0.271 e. The predicted octanol–water partition coefficient (Wildman–Crippen LogP) is 2.75. The number of H-pyrrole nitrogens is 1. The summed E-state index contributed by atoms with van der Waals surface area (Å²) in [7, 11) is 0. The lowest BCUT2D eigenvalue weighted by molar-refractivity contribution is 0.0946. The zero-order valence-corrected chi connectivity index (χ0v) is 15.3. The summed E-state index contributed by atoms with van der Waals surface area (Å²) in [6.07, 6.45) is 2.68. The van der Waals surface area contributed by atoms with Gasteiger partial charge in [0.15, 0.2) is 0 Å². The molecule has 0 aliphatic carbocycles. The van der Waals surface area contributed by atoms with Crippen LogP contribution in [0.3, 0.4) is 0 Å². The van der Waals surface area contributed by atoms with E-state index < -0.39 is 0 Å². The summed E-state index contributed by atoms with van der Waals surface area (Å²) in [5.41, 5.74) is 3.18. The van der Waals surface area contributed by atoms with E-state index in [1.165, 1.54) is 16.8 Å². The number of carbonyl (C=O) groups is 1. The highest BCUT2D eigenvalue weighted by Gasteiger charge is 2.10. The summed E-state index contributed by atoms with van der Waals surface area (Å²) in [6, 6.07) is 20.5. The standard InChI is InChI=1S/C22H20N4O2/c27-21-11-10-20(25-26(21)15-16-6-2-1-3-7-16)22(28)23-13-12-17-14-24-19-9-5-4-8-18(17)19/h1-11,14,24H,12-13,15H2,(H,23,28). The molecule has 0 unspecified atom stereocenters. The molecule has 6 heteroatoms. The van der Waals surface area contributed by atoms with E-state index in [0.717, 1.165) is 22.0 Å². The summed E-state index contributed by atoms with van der Waals surface area (Å²) in [5.74, 6) is -0.290. The van der Waals surface area contributed by atoms with Gasteiger partial charge in [-0.2, -0.15) is 5.10 Å². The van der Waals surface area contributed by atoms with Crippen molar-refractivity contribution in [3.05, 3.63) is 100 Å². The number of hydrogen-bond acceptors (Lipinski definition) is 3. The Labute approximate surface area is 161 Å². The van der Waals surface area contributed by atoms with Gasteiger partial charge in [-0.25, -0.2) is 4.68 Å². The summed E-state index contributed by atoms with van der Waals surface area (Å²) in [4.78, 5) is 27.7. The van der Waals surface area contributed by atoms with Crippen molar-refractivity contribution in [2.75, 3.05) is 6.54 Å². The minimum atomic E-state index is -0.290. The zero-order valence-electron chi connectivity index (χ0n) is 15.3. The smallest absolute Gasteiger partial charge is 0.271 e. The van der Waals surface area contributed by atoms with Crippen molar-refractivity contribution >= 4 is 16.8 Å². The number of rotatable bonds is 6. The van der Waals surface area contributed by atoms with Crippen LogP contribution in [0.15, 0.2) is 77.7 Å². The van der Waals surface area contributed by atoms with Crippen LogP contribution in [-0.2, 0) is 13.0 Å². The summed E-state index contributed by atoms with van der Waals surface area (Å²) < 4.78 is 1.31. The maximum atomic E-state index is 12.5. The van der Waals surface area contributed by atoms with Gasteiger partial charge in [-0.15, -0.1) is 0 Å². The lowest BCUT2D eigenvalue weighted by Crippen LogP contribution is -2.30. The van der Waals surface area contributed by atoms with Crippen molar-refractivity contribution in [2.45, 2.75) is 13.0 Å². The zero-order chi connectivity index (χ0) is 19.3. The number of nitrogens with one attached hydrogen (secondary N) is 2. The highest BCUT2D eigenvalue weighted by Crippen LogP contribution is 2.17. The van der Waals surface area contributed by atoms with Crippen LogP contribution in [0.4, 0.5) is 0 Å². The Morgan fingerprint density at radius 1 is 1.00 bits per heavy atom. The molecule has 1 amide bonds. The van der Waals surface area contributed by atoms with Gasteiger partial charge in [0, 0.05) is 29.7 Å². The molecule has 2 heterocycles. The van der Waals surface area contributed by atoms with Crippen LogP contribution in [0.2, 0.25) is 0 Å². The number of para-hydroxylation sites is 1. The van der Waals surface area contributed by atoms with Crippen LogP contribution in [0.25, 0.3) is 10.9 Å². The molecular formula is C22H20N4O2. The van der Waals surface area contributed by atoms with Gasteiger partial charge in [0.05, 0.1) is 6.54 Å². The Balaban J connectivity index is 1.42. The van der Waals surface area contributed by atoms with E-state index in [1.807, 2.05) is 54.7 Å². The SMILES string of the molecule is O=C(NCCc1c[nH]c2ccccc12)c1ccc(=O)n(Cc2ccccc2)n1. The molecule has 2 aromatic heterocycles. The second kappa shape index (κ2) is 7.92. The third-order valence-electron chi connectivity index (χ3n) is 4.63. The molecule has 28 heavy (non-hydrogen) atoms. The summed E-state index contributed by atoms with van der Waals surface area (Å²) >= 11 is 0. The second-order valence-electron chi connectivity index (χ2n) is 6.57.